The van der Waals surface area contributed by atoms with Crippen molar-refractivity contribution in [3.8, 4) is 0 Å². The third-order valence-electron chi connectivity index (χ3n) is 3.58. The van der Waals surface area contributed by atoms with Crippen LogP contribution < -0.4 is 10.6 Å². The highest BCUT2D eigenvalue weighted by atomic mass is 127. The molecule has 2 atom stereocenters. The Bertz CT molecular complexity index is 447. The van der Waals surface area contributed by atoms with Crippen LogP contribution in [0.15, 0.2) is 29.3 Å². The van der Waals surface area contributed by atoms with E-state index in [-0.39, 0.29) is 24.0 Å². The molecule has 0 spiro atoms. The van der Waals surface area contributed by atoms with Gasteiger partial charge in [-0.25, -0.2) is 0 Å². The predicted octanol–water partition coefficient (Wildman–Crippen LogP) is 3.42. The van der Waals surface area contributed by atoms with Gasteiger partial charge in [0.2, 0.25) is 0 Å². The molecule has 1 aliphatic rings. The molecule has 2 N–H and O–H groups in total. The molecule has 0 bridgehead atoms. The summed E-state index contributed by atoms with van der Waals surface area (Å²) in [4.78, 5) is 4.25. The maximum absolute atomic E-state index is 4.25. The second-order valence-electron chi connectivity index (χ2n) is 5.50. The third kappa shape index (κ3) is 6.91. The molecular formula is C16H26IN3S. The van der Waals surface area contributed by atoms with Crippen LogP contribution in [0.2, 0.25) is 0 Å². The van der Waals surface area contributed by atoms with Crippen molar-refractivity contribution in [3.05, 3.63) is 35.4 Å². The van der Waals surface area contributed by atoms with Gasteiger partial charge in [0.1, 0.15) is 0 Å². The van der Waals surface area contributed by atoms with E-state index in [2.05, 4.69) is 53.7 Å². The van der Waals surface area contributed by atoms with Gasteiger partial charge >= 0.3 is 0 Å². The minimum absolute atomic E-state index is 0. The molecule has 0 aromatic heterocycles. The molecule has 5 heteroatoms. The first-order chi connectivity index (χ1) is 9.69. The Morgan fingerprint density at radius 3 is 2.57 bits per heavy atom. The maximum Gasteiger partial charge on any atom is 0.191 e. The summed E-state index contributed by atoms with van der Waals surface area (Å²) in [6, 6.07) is 9.41. The van der Waals surface area contributed by atoms with E-state index in [1.807, 2.05) is 18.8 Å². The smallest absolute Gasteiger partial charge is 0.191 e. The van der Waals surface area contributed by atoms with Crippen LogP contribution in [0.3, 0.4) is 0 Å². The summed E-state index contributed by atoms with van der Waals surface area (Å²) in [6.45, 7) is 5.35. The molecular weight excluding hydrogens is 393 g/mol. The minimum Gasteiger partial charge on any atom is -0.356 e. The first-order valence-corrected chi connectivity index (χ1v) is 8.45. The Hall–Kier alpha value is -0.430. The molecule has 118 valence electrons. The Morgan fingerprint density at radius 2 is 2.00 bits per heavy atom. The lowest BCUT2D eigenvalue weighted by Crippen LogP contribution is -2.40. The van der Waals surface area contributed by atoms with E-state index < -0.39 is 0 Å². The van der Waals surface area contributed by atoms with Gasteiger partial charge < -0.3 is 10.6 Å². The van der Waals surface area contributed by atoms with Gasteiger partial charge in [0, 0.05) is 31.1 Å². The second-order valence-corrected chi connectivity index (χ2v) is 6.61. The van der Waals surface area contributed by atoms with Gasteiger partial charge in [0.15, 0.2) is 5.96 Å². The highest BCUT2D eigenvalue weighted by Crippen LogP contribution is 2.28. The zero-order valence-electron chi connectivity index (χ0n) is 13.1. The summed E-state index contributed by atoms with van der Waals surface area (Å²) in [7, 11) is 1.84. The van der Waals surface area contributed by atoms with E-state index >= 15 is 0 Å². The van der Waals surface area contributed by atoms with Crippen LogP contribution in [0.1, 0.15) is 24.5 Å². The zero-order valence-corrected chi connectivity index (χ0v) is 16.2. The van der Waals surface area contributed by atoms with Crippen molar-refractivity contribution in [1.29, 1.82) is 0 Å². The topological polar surface area (TPSA) is 36.4 Å². The fourth-order valence-electron chi connectivity index (χ4n) is 2.01. The molecule has 3 nitrogen and oxygen atoms in total. The van der Waals surface area contributed by atoms with Gasteiger partial charge in [-0.1, -0.05) is 36.8 Å². The fraction of sp³-hybridized carbons (Fsp3) is 0.562. The lowest BCUT2D eigenvalue weighted by Gasteiger charge is -2.11. The molecule has 0 radical (unpaired) electrons. The monoisotopic (exact) mass is 419 g/mol. The molecule has 0 saturated heterocycles. The van der Waals surface area contributed by atoms with E-state index in [1.54, 1.807) is 0 Å². The summed E-state index contributed by atoms with van der Waals surface area (Å²) >= 11 is 1.95. The van der Waals surface area contributed by atoms with Crippen molar-refractivity contribution in [2.24, 2.45) is 10.9 Å². The Balaban J connectivity index is 0.00000220. The lowest BCUT2D eigenvalue weighted by atomic mass is 10.2. The average Bonchev–Trinajstić information content (AvgIpc) is 3.14. The molecule has 1 fully saturated rings. The second kappa shape index (κ2) is 9.56. The van der Waals surface area contributed by atoms with E-state index in [0.717, 1.165) is 29.9 Å². The highest BCUT2D eigenvalue weighted by Gasteiger charge is 2.33. The molecule has 0 aliphatic heterocycles. The summed E-state index contributed by atoms with van der Waals surface area (Å²) in [5.41, 5.74) is 2.72. The number of aryl methyl sites for hydroxylation is 1. The van der Waals surface area contributed by atoms with Crippen LogP contribution >= 0.6 is 35.7 Å². The van der Waals surface area contributed by atoms with Crippen LogP contribution in [-0.4, -0.2) is 31.3 Å². The first-order valence-electron chi connectivity index (χ1n) is 7.29. The Labute approximate surface area is 149 Å². The molecule has 0 amide bonds. The largest absolute Gasteiger partial charge is 0.356 e. The standard InChI is InChI=1S/C16H25N3S.HI/c1-12-4-6-14(7-5-12)11-20-9-8-18-16(17-3)19-15-10-13(15)2;/h4-7,13,15H,8-11H2,1-3H3,(H2,17,18,19);1H. The normalized spacial score (nSPS) is 20.6. The van der Waals surface area contributed by atoms with Crippen molar-refractivity contribution < 1.29 is 0 Å². The summed E-state index contributed by atoms with van der Waals surface area (Å²) in [6.07, 6.45) is 1.27. The predicted molar refractivity (Wildman–Crippen MR) is 105 cm³/mol. The number of hydrogen-bond acceptors (Lipinski definition) is 2. The Morgan fingerprint density at radius 1 is 1.33 bits per heavy atom. The number of thioether (sulfide) groups is 1. The van der Waals surface area contributed by atoms with Crippen molar-refractivity contribution in [1.82, 2.24) is 10.6 Å². The molecule has 21 heavy (non-hydrogen) atoms. The van der Waals surface area contributed by atoms with Gasteiger partial charge in [0.05, 0.1) is 0 Å². The first kappa shape index (κ1) is 18.6. The summed E-state index contributed by atoms with van der Waals surface area (Å²) < 4.78 is 0. The van der Waals surface area contributed by atoms with E-state index in [0.29, 0.717) is 6.04 Å². The molecule has 1 aromatic carbocycles. The third-order valence-corrected chi connectivity index (χ3v) is 4.61. The van der Waals surface area contributed by atoms with Crippen molar-refractivity contribution in [3.63, 3.8) is 0 Å². The van der Waals surface area contributed by atoms with Gasteiger partial charge in [-0.2, -0.15) is 11.8 Å². The summed E-state index contributed by atoms with van der Waals surface area (Å²) in [5, 5.41) is 6.81. The van der Waals surface area contributed by atoms with Crippen molar-refractivity contribution >= 4 is 41.7 Å². The summed E-state index contributed by atoms with van der Waals surface area (Å²) in [5.74, 6) is 3.90. The van der Waals surface area contributed by atoms with Gasteiger partial charge in [0.25, 0.3) is 0 Å². The van der Waals surface area contributed by atoms with E-state index in [9.17, 15) is 0 Å². The van der Waals surface area contributed by atoms with Crippen LogP contribution in [0.25, 0.3) is 0 Å². The SMILES string of the molecule is CN=C(NCCSCc1ccc(C)cc1)NC1CC1C.I. The molecule has 0 heterocycles. The number of guanidine groups is 1. The zero-order chi connectivity index (χ0) is 14.4. The maximum atomic E-state index is 4.25. The number of benzene rings is 1. The number of hydrogen-bond donors (Lipinski definition) is 2. The number of halogens is 1. The molecule has 2 unspecified atom stereocenters. The van der Waals surface area contributed by atoms with E-state index in [1.165, 1.54) is 17.5 Å². The molecule has 2 rings (SSSR count). The van der Waals surface area contributed by atoms with Crippen LogP contribution in [0, 0.1) is 12.8 Å². The molecule has 1 aliphatic carbocycles. The van der Waals surface area contributed by atoms with Crippen LogP contribution in [0.5, 0.6) is 0 Å². The van der Waals surface area contributed by atoms with Crippen molar-refractivity contribution in [2.75, 3.05) is 19.3 Å². The van der Waals surface area contributed by atoms with Crippen LogP contribution in [-0.2, 0) is 5.75 Å². The van der Waals surface area contributed by atoms with Crippen molar-refractivity contribution in [2.45, 2.75) is 32.1 Å². The van der Waals surface area contributed by atoms with Gasteiger partial charge in [-0.3, -0.25) is 4.99 Å². The van der Waals surface area contributed by atoms with E-state index in [4.69, 9.17) is 0 Å². The van der Waals surface area contributed by atoms with Gasteiger partial charge in [-0.05, 0) is 24.8 Å². The lowest BCUT2D eigenvalue weighted by molar-refractivity contribution is 0.775. The highest BCUT2D eigenvalue weighted by molar-refractivity contribution is 14.0. The number of nitrogens with one attached hydrogen (secondary N) is 2. The molecule has 1 aromatic rings. The van der Waals surface area contributed by atoms with Crippen LogP contribution in [0.4, 0.5) is 0 Å². The Kier molecular flexibility index (Phi) is 8.48. The minimum atomic E-state index is 0. The fourth-order valence-corrected chi connectivity index (χ4v) is 2.83. The quantitative estimate of drug-likeness (QED) is 0.321. The van der Waals surface area contributed by atoms with Gasteiger partial charge in [-0.15, -0.1) is 24.0 Å². The number of rotatable bonds is 6. The number of nitrogens with zero attached hydrogens (tertiary/aromatic N) is 1. The number of aliphatic imine (C=N–C) groups is 1. The average molecular weight is 419 g/mol. The molecule has 1 saturated carbocycles.